The minimum absolute atomic E-state index is 0.134. The summed E-state index contributed by atoms with van der Waals surface area (Å²) in [5, 5.41) is 3.57. The van der Waals surface area contributed by atoms with Crippen LogP contribution in [0.1, 0.15) is 29.2 Å². The number of halogens is 3. The van der Waals surface area contributed by atoms with Gasteiger partial charge >= 0.3 is 12.2 Å². The summed E-state index contributed by atoms with van der Waals surface area (Å²) < 4.78 is 48.2. The highest BCUT2D eigenvalue weighted by Gasteiger charge is 2.34. The second-order valence-electron chi connectivity index (χ2n) is 10.8. The van der Waals surface area contributed by atoms with Crippen molar-refractivity contribution in [2.75, 3.05) is 44.6 Å². The topological polar surface area (TPSA) is 76.7 Å². The van der Waals surface area contributed by atoms with Gasteiger partial charge in [-0.25, -0.2) is 9.78 Å². The number of nitrogens with zero attached hydrogens (tertiary/aromatic N) is 4. The van der Waals surface area contributed by atoms with Crippen molar-refractivity contribution >= 4 is 22.8 Å². The maximum absolute atomic E-state index is 14.0. The lowest BCUT2D eigenvalue weighted by Gasteiger charge is -2.34. The van der Waals surface area contributed by atoms with Crippen LogP contribution in [-0.2, 0) is 25.7 Å². The first-order valence-corrected chi connectivity index (χ1v) is 14.2. The summed E-state index contributed by atoms with van der Waals surface area (Å²) >= 11 is 0. The molecule has 8 nitrogen and oxygen atoms in total. The molecule has 0 unspecified atom stereocenters. The van der Waals surface area contributed by atoms with E-state index in [4.69, 9.17) is 4.74 Å². The van der Waals surface area contributed by atoms with Crippen molar-refractivity contribution < 1.29 is 22.7 Å². The number of aromatic nitrogens is 2. The Labute approximate surface area is 242 Å². The van der Waals surface area contributed by atoms with Crippen molar-refractivity contribution in [2.24, 2.45) is 0 Å². The van der Waals surface area contributed by atoms with E-state index in [1.54, 1.807) is 17.2 Å². The maximum Gasteiger partial charge on any atom is 0.416 e. The predicted molar refractivity (Wildman–Crippen MR) is 155 cm³/mol. The molecule has 11 heteroatoms. The molecule has 0 bridgehead atoms. The van der Waals surface area contributed by atoms with Gasteiger partial charge in [-0.1, -0.05) is 19.1 Å². The maximum atomic E-state index is 14.0. The van der Waals surface area contributed by atoms with E-state index in [9.17, 15) is 18.0 Å². The number of hydrogen-bond donors (Lipinski definition) is 2. The van der Waals surface area contributed by atoms with Gasteiger partial charge in [-0.05, 0) is 66.1 Å². The third kappa shape index (κ3) is 6.07. The number of likely N-dealkylation sites (N-methyl/N-ethyl adjacent to an activating group) is 1. The van der Waals surface area contributed by atoms with Crippen molar-refractivity contribution in [2.45, 2.75) is 32.6 Å². The molecular weight excluding hydrogens is 545 g/mol. The van der Waals surface area contributed by atoms with E-state index in [0.29, 0.717) is 31.0 Å². The van der Waals surface area contributed by atoms with Crippen molar-refractivity contribution in [3.05, 3.63) is 83.2 Å². The first kappa shape index (κ1) is 28.0. The Hall–Kier alpha value is -4.09. The molecule has 220 valence electrons. The van der Waals surface area contributed by atoms with Crippen LogP contribution in [-0.4, -0.2) is 70.0 Å². The Morgan fingerprint density at radius 1 is 1.00 bits per heavy atom. The average Bonchev–Trinajstić information content (AvgIpc) is 3.48. The summed E-state index contributed by atoms with van der Waals surface area (Å²) in [6.07, 6.45) is -0.421. The molecule has 42 heavy (non-hydrogen) atoms. The lowest BCUT2D eigenvalue weighted by Crippen LogP contribution is -2.45. The van der Waals surface area contributed by atoms with Gasteiger partial charge in [0.25, 0.3) is 0 Å². The third-order valence-corrected chi connectivity index (χ3v) is 8.10. The summed E-state index contributed by atoms with van der Waals surface area (Å²) in [7, 11) is 0. The zero-order valence-corrected chi connectivity index (χ0v) is 23.4. The fourth-order valence-corrected chi connectivity index (χ4v) is 5.68. The van der Waals surface area contributed by atoms with Gasteiger partial charge in [0.05, 0.1) is 10.9 Å². The fraction of sp³-hybridized carbons (Fsp3) is 0.355. The number of amides is 2. The van der Waals surface area contributed by atoms with Gasteiger partial charge in [-0.2, -0.15) is 13.2 Å². The van der Waals surface area contributed by atoms with Crippen LogP contribution in [0.3, 0.4) is 0 Å². The van der Waals surface area contributed by atoms with Crippen LogP contribution in [0.4, 0.5) is 23.7 Å². The van der Waals surface area contributed by atoms with E-state index in [2.05, 4.69) is 32.0 Å². The van der Waals surface area contributed by atoms with Crippen LogP contribution in [0.2, 0.25) is 0 Å². The SMILES string of the molecule is CCN1CCN(Cc2ccc(NC(=O)N3CCc4cc(Oc5ccnc6[nH]ccc56)ccc4C3)cc2C(F)(F)F)CC1. The quantitative estimate of drug-likeness (QED) is 0.289. The lowest BCUT2D eigenvalue weighted by atomic mass is 9.99. The molecule has 0 spiro atoms. The Kier molecular flexibility index (Phi) is 7.78. The normalized spacial score (nSPS) is 16.4. The summed E-state index contributed by atoms with van der Waals surface area (Å²) in [5.41, 5.74) is 2.43. The largest absolute Gasteiger partial charge is 0.457 e. The van der Waals surface area contributed by atoms with Crippen molar-refractivity contribution in [3.63, 3.8) is 0 Å². The molecule has 2 aromatic carbocycles. The number of aromatic amines is 1. The van der Waals surface area contributed by atoms with Gasteiger partial charge in [-0.3, -0.25) is 4.90 Å². The fourth-order valence-electron chi connectivity index (χ4n) is 5.68. The van der Waals surface area contributed by atoms with Gasteiger partial charge in [-0.15, -0.1) is 0 Å². The van der Waals surface area contributed by atoms with E-state index >= 15 is 0 Å². The molecule has 4 heterocycles. The number of carbonyl (C=O) groups is 1. The number of fused-ring (bicyclic) bond motifs is 2. The van der Waals surface area contributed by atoms with Crippen LogP contribution in [0.5, 0.6) is 11.5 Å². The Morgan fingerprint density at radius 3 is 2.60 bits per heavy atom. The van der Waals surface area contributed by atoms with E-state index in [-0.39, 0.29) is 17.8 Å². The molecule has 1 fully saturated rings. The first-order valence-electron chi connectivity index (χ1n) is 14.2. The van der Waals surface area contributed by atoms with E-state index in [1.807, 2.05) is 36.5 Å². The van der Waals surface area contributed by atoms with Crippen LogP contribution in [0.25, 0.3) is 11.0 Å². The summed E-state index contributed by atoms with van der Waals surface area (Å²) in [6.45, 7) is 7.21. The zero-order chi connectivity index (χ0) is 29.3. The molecule has 2 aromatic heterocycles. The molecular formula is C31H33F3N6O2. The van der Waals surface area contributed by atoms with Gasteiger partial charge in [0.15, 0.2) is 0 Å². The average molecular weight is 579 g/mol. The summed E-state index contributed by atoms with van der Waals surface area (Å²) in [6, 6.07) is 13.2. The zero-order valence-electron chi connectivity index (χ0n) is 23.4. The number of anilines is 1. The molecule has 4 aromatic rings. The Morgan fingerprint density at radius 2 is 1.81 bits per heavy atom. The molecule has 2 N–H and O–H groups in total. The number of H-pyrrole nitrogens is 1. The molecule has 0 atom stereocenters. The van der Waals surface area contributed by atoms with Crippen molar-refractivity contribution in [1.82, 2.24) is 24.7 Å². The molecule has 0 saturated carbocycles. The highest BCUT2D eigenvalue weighted by Crippen LogP contribution is 2.35. The van der Waals surface area contributed by atoms with E-state index < -0.39 is 17.8 Å². The highest BCUT2D eigenvalue weighted by atomic mass is 19.4. The van der Waals surface area contributed by atoms with E-state index in [0.717, 1.165) is 61.0 Å². The van der Waals surface area contributed by atoms with Gasteiger partial charge in [0.2, 0.25) is 0 Å². The number of benzene rings is 2. The lowest BCUT2D eigenvalue weighted by molar-refractivity contribution is -0.138. The van der Waals surface area contributed by atoms with Crippen molar-refractivity contribution in [3.8, 4) is 11.5 Å². The Bertz CT molecular complexity index is 1580. The summed E-state index contributed by atoms with van der Waals surface area (Å²) in [4.78, 5) is 26.4. The number of carbonyl (C=O) groups excluding carboxylic acids is 1. The number of piperazine rings is 1. The molecule has 2 aliphatic heterocycles. The van der Waals surface area contributed by atoms with Crippen LogP contribution < -0.4 is 10.1 Å². The second kappa shape index (κ2) is 11.7. The van der Waals surface area contributed by atoms with Crippen LogP contribution in [0.15, 0.2) is 60.9 Å². The van der Waals surface area contributed by atoms with Crippen LogP contribution in [0, 0.1) is 0 Å². The first-order chi connectivity index (χ1) is 20.3. The number of urea groups is 1. The standard InChI is InChI=1S/C31H33F3N6O2/c1-2-38-13-15-39(16-14-38)19-23-3-5-24(18-27(23)31(32,33)34)37-30(41)40-12-9-21-17-25(6-4-22(21)20-40)42-28-8-11-36-29-26(28)7-10-35-29/h3-8,10-11,17-18H,2,9,12-16,19-20H2,1H3,(H,35,36)(H,37,41). The van der Waals surface area contributed by atoms with Crippen molar-refractivity contribution in [1.29, 1.82) is 0 Å². The second-order valence-corrected chi connectivity index (χ2v) is 10.8. The van der Waals surface area contributed by atoms with Gasteiger partial charge < -0.3 is 24.8 Å². The number of pyridine rings is 1. The number of alkyl halides is 3. The van der Waals surface area contributed by atoms with Gasteiger partial charge in [0, 0.05) is 63.9 Å². The molecule has 2 aliphatic rings. The molecule has 2 amide bonds. The smallest absolute Gasteiger partial charge is 0.416 e. The minimum atomic E-state index is -4.52. The summed E-state index contributed by atoms with van der Waals surface area (Å²) in [5.74, 6) is 1.38. The number of nitrogens with one attached hydrogen (secondary N) is 2. The third-order valence-electron chi connectivity index (χ3n) is 8.10. The molecule has 6 rings (SSSR count). The number of hydrogen-bond acceptors (Lipinski definition) is 5. The van der Waals surface area contributed by atoms with Crippen LogP contribution >= 0.6 is 0 Å². The molecule has 0 aliphatic carbocycles. The van der Waals surface area contributed by atoms with Gasteiger partial charge in [0.1, 0.15) is 17.1 Å². The minimum Gasteiger partial charge on any atom is -0.457 e. The predicted octanol–water partition coefficient (Wildman–Crippen LogP) is 6.10. The highest BCUT2D eigenvalue weighted by molar-refractivity contribution is 5.89. The number of ether oxygens (including phenoxy) is 1. The monoisotopic (exact) mass is 578 g/mol. The Balaban J connectivity index is 1.11. The van der Waals surface area contributed by atoms with E-state index in [1.165, 1.54) is 6.07 Å². The molecule has 1 saturated heterocycles. The number of rotatable bonds is 6. The molecule has 0 radical (unpaired) electrons.